The molecule has 0 amide bonds. The lowest BCUT2D eigenvalue weighted by Gasteiger charge is -2.18. The summed E-state index contributed by atoms with van der Waals surface area (Å²) >= 11 is 0. The van der Waals surface area contributed by atoms with E-state index < -0.39 is 6.10 Å². The second-order valence-corrected chi connectivity index (χ2v) is 22.0. The maximum atomic E-state index is 12.9. The first-order valence-corrected chi connectivity index (χ1v) is 33.2. The molecule has 0 aliphatic carbocycles. The smallest absolute Gasteiger partial charge is 0.306 e. The summed E-state index contributed by atoms with van der Waals surface area (Å²) in [6.07, 6.45) is 88.4. The van der Waals surface area contributed by atoms with Crippen LogP contribution in [-0.2, 0) is 28.6 Å². The lowest BCUT2D eigenvalue weighted by Crippen LogP contribution is -2.30. The summed E-state index contributed by atoms with van der Waals surface area (Å²) in [6.45, 7) is 6.52. The first-order chi connectivity index (χ1) is 38.5. The fourth-order valence-electron chi connectivity index (χ4n) is 9.32. The van der Waals surface area contributed by atoms with E-state index >= 15 is 0 Å². The quantitative estimate of drug-likeness (QED) is 0.0261. The summed E-state index contributed by atoms with van der Waals surface area (Å²) in [5.41, 5.74) is 0. The number of carbonyl (C=O) groups excluding carboxylic acids is 3. The minimum atomic E-state index is -0.789. The average Bonchev–Trinajstić information content (AvgIpc) is 3.44. The number of rotatable bonds is 60. The van der Waals surface area contributed by atoms with Crippen LogP contribution in [0.3, 0.4) is 0 Å². The third kappa shape index (κ3) is 63.2. The molecule has 0 aromatic carbocycles. The van der Waals surface area contributed by atoms with Crippen LogP contribution >= 0.6 is 0 Å². The van der Waals surface area contributed by atoms with Crippen molar-refractivity contribution in [2.24, 2.45) is 0 Å². The summed E-state index contributed by atoms with van der Waals surface area (Å²) in [5, 5.41) is 0. The third-order valence-corrected chi connectivity index (χ3v) is 14.3. The Morgan fingerprint density at radius 3 is 0.795 bits per heavy atom. The van der Waals surface area contributed by atoms with Gasteiger partial charge < -0.3 is 14.2 Å². The molecule has 0 saturated heterocycles. The Morgan fingerprint density at radius 2 is 0.500 bits per heavy atom. The highest BCUT2D eigenvalue weighted by Gasteiger charge is 2.19. The molecular weight excluding hydrogens is 961 g/mol. The zero-order valence-corrected chi connectivity index (χ0v) is 51.4. The van der Waals surface area contributed by atoms with Crippen molar-refractivity contribution in [3.8, 4) is 0 Å². The van der Waals surface area contributed by atoms with Crippen molar-refractivity contribution in [3.05, 3.63) is 97.2 Å². The highest BCUT2D eigenvalue weighted by atomic mass is 16.6. The van der Waals surface area contributed by atoms with Crippen LogP contribution in [0.15, 0.2) is 97.2 Å². The SMILES string of the molecule is CC/C=C\C/C=C\C/C=C\C/C=C\CCCCCCCCCCCCC(=O)OCC(COC(=O)CCCCCCC/C=C\CCCCCCC)OC(=O)CCCCCCCCCC/C=C\C/C=C\C/C=C\CCCCCCC. The van der Waals surface area contributed by atoms with E-state index in [0.29, 0.717) is 19.3 Å². The predicted molar refractivity (Wildman–Crippen MR) is 339 cm³/mol. The summed E-state index contributed by atoms with van der Waals surface area (Å²) in [6, 6.07) is 0. The largest absolute Gasteiger partial charge is 0.462 e. The Balaban J connectivity index is 4.37. The van der Waals surface area contributed by atoms with Crippen molar-refractivity contribution in [1.82, 2.24) is 0 Å². The Bertz CT molecular complexity index is 1530. The van der Waals surface area contributed by atoms with Crippen LogP contribution < -0.4 is 0 Å². The molecule has 0 radical (unpaired) electrons. The zero-order chi connectivity index (χ0) is 56.4. The average molecular weight is 1090 g/mol. The Morgan fingerprint density at radius 1 is 0.269 bits per heavy atom. The minimum absolute atomic E-state index is 0.0847. The Labute approximate surface area is 483 Å². The summed E-state index contributed by atoms with van der Waals surface area (Å²) in [7, 11) is 0. The number of ether oxygens (including phenoxy) is 3. The second-order valence-electron chi connectivity index (χ2n) is 22.0. The maximum Gasteiger partial charge on any atom is 0.306 e. The molecule has 6 heteroatoms. The molecular formula is C72H124O6. The van der Waals surface area contributed by atoms with Gasteiger partial charge in [0.2, 0.25) is 0 Å². The van der Waals surface area contributed by atoms with Gasteiger partial charge in [0.15, 0.2) is 6.10 Å². The van der Waals surface area contributed by atoms with E-state index in [-0.39, 0.29) is 31.1 Å². The van der Waals surface area contributed by atoms with E-state index in [1.54, 1.807) is 0 Å². The zero-order valence-electron chi connectivity index (χ0n) is 51.4. The predicted octanol–water partition coefficient (Wildman–Crippen LogP) is 22.8. The first-order valence-electron chi connectivity index (χ1n) is 33.2. The number of hydrogen-bond acceptors (Lipinski definition) is 6. The van der Waals surface area contributed by atoms with Gasteiger partial charge in [0.05, 0.1) is 0 Å². The topological polar surface area (TPSA) is 78.9 Å². The fourth-order valence-corrected chi connectivity index (χ4v) is 9.32. The molecule has 0 aromatic rings. The van der Waals surface area contributed by atoms with Gasteiger partial charge in [0.25, 0.3) is 0 Å². The molecule has 0 bridgehead atoms. The molecule has 1 unspecified atom stereocenters. The van der Waals surface area contributed by atoms with E-state index in [1.807, 2.05) is 0 Å². The summed E-state index contributed by atoms with van der Waals surface area (Å²) < 4.78 is 16.9. The molecule has 0 fully saturated rings. The monoisotopic (exact) mass is 1080 g/mol. The maximum absolute atomic E-state index is 12.9. The van der Waals surface area contributed by atoms with Crippen LogP contribution in [0.5, 0.6) is 0 Å². The molecule has 78 heavy (non-hydrogen) atoms. The van der Waals surface area contributed by atoms with E-state index in [1.165, 1.54) is 173 Å². The highest BCUT2D eigenvalue weighted by molar-refractivity contribution is 5.71. The minimum Gasteiger partial charge on any atom is -0.462 e. The number of hydrogen-bond donors (Lipinski definition) is 0. The van der Waals surface area contributed by atoms with Gasteiger partial charge in [0.1, 0.15) is 13.2 Å². The second kappa shape index (κ2) is 65.8. The first kappa shape index (κ1) is 74.3. The Kier molecular flexibility index (Phi) is 62.7. The third-order valence-electron chi connectivity index (χ3n) is 14.3. The molecule has 0 heterocycles. The van der Waals surface area contributed by atoms with E-state index in [9.17, 15) is 14.4 Å². The number of carbonyl (C=O) groups is 3. The van der Waals surface area contributed by atoms with Gasteiger partial charge in [-0.3, -0.25) is 14.4 Å². The standard InChI is InChI=1S/C72H124O6/c1-4-7-10-13-16-19-22-25-28-30-32-34-36-38-40-42-44-47-50-53-56-59-62-65-71(74)77-68-69(67-76-70(73)64-61-58-55-52-49-46-27-24-21-18-15-12-9-6-3)78-72(75)66-63-60-57-54-51-48-45-43-41-39-37-35-33-31-29-26-23-20-17-14-11-8-5-2/h7,10,16,19,23-28,31-34,37,39,69H,4-6,8-9,11-15,17-18,20-22,29-30,35-36,38,40-68H2,1-3H3/b10-7-,19-16-,26-23-,27-24-,28-25-,33-31-,34-32-,39-37-. The Hall–Kier alpha value is -3.67. The molecule has 448 valence electrons. The van der Waals surface area contributed by atoms with Crippen LogP contribution in [0, 0.1) is 0 Å². The van der Waals surface area contributed by atoms with Crippen LogP contribution in [-0.4, -0.2) is 37.2 Å². The van der Waals surface area contributed by atoms with E-state index in [4.69, 9.17) is 14.2 Å². The van der Waals surface area contributed by atoms with Crippen molar-refractivity contribution in [2.45, 2.75) is 329 Å². The molecule has 0 aliphatic heterocycles. The van der Waals surface area contributed by atoms with Crippen molar-refractivity contribution in [3.63, 3.8) is 0 Å². The molecule has 0 spiro atoms. The number of unbranched alkanes of at least 4 members (excludes halogenated alkanes) is 33. The van der Waals surface area contributed by atoms with E-state index in [2.05, 4.69) is 118 Å². The highest BCUT2D eigenvalue weighted by Crippen LogP contribution is 2.16. The molecule has 0 rings (SSSR count). The van der Waals surface area contributed by atoms with Crippen LogP contribution in [0.1, 0.15) is 323 Å². The van der Waals surface area contributed by atoms with Gasteiger partial charge >= 0.3 is 17.9 Å². The van der Waals surface area contributed by atoms with Crippen molar-refractivity contribution < 1.29 is 28.6 Å². The van der Waals surface area contributed by atoms with Crippen molar-refractivity contribution in [2.75, 3.05) is 13.2 Å². The van der Waals surface area contributed by atoms with Gasteiger partial charge in [-0.15, -0.1) is 0 Å². The number of esters is 3. The number of allylic oxidation sites excluding steroid dienone is 16. The van der Waals surface area contributed by atoms with Crippen molar-refractivity contribution >= 4 is 17.9 Å². The fraction of sp³-hybridized carbons (Fsp3) is 0.736. The van der Waals surface area contributed by atoms with Crippen LogP contribution in [0.4, 0.5) is 0 Å². The molecule has 1 atom stereocenters. The summed E-state index contributed by atoms with van der Waals surface area (Å²) in [5.74, 6) is -0.893. The van der Waals surface area contributed by atoms with Gasteiger partial charge in [0, 0.05) is 19.3 Å². The van der Waals surface area contributed by atoms with Gasteiger partial charge in [-0.05, 0) is 122 Å². The van der Waals surface area contributed by atoms with Crippen LogP contribution in [0.25, 0.3) is 0 Å². The van der Waals surface area contributed by atoms with E-state index in [0.717, 1.165) is 109 Å². The molecule has 0 aromatic heterocycles. The lowest BCUT2D eigenvalue weighted by atomic mass is 10.1. The molecule has 6 nitrogen and oxygen atoms in total. The molecule has 0 saturated carbocycles. The molecule has 0 aliphatic rings. The van der Waals surface area contributed by atoms with Crippen LogP contribution in [0.2, 0.25) is 0 Å². The van der Waals surface area contributed by atoms with Crippen molar-refractivity contribution in [1.29, 1.82) is 0 Å². The lowest BCUT2D eigenvalue weighted by molar-refractivity contribution is -0.167. The van der Waals surface area contributed by atoms with Gasteiger partial charge in [-0.25, -0.2) is 0 Å². The normalized spacial score (nSPS) is 12.7. The van der Waals surface area contributed by atoms with Gasteiger partial charge in [-0.1, -0.05) is 279 Å². The molecule has 0 N–H and O–H groups in total. The summed E-state index contributed by atoms with van der Waals surface area (Å²) in [4.78, 5) is 38.4. The van der Waals surface area contributed by atoms with Gasteiger partial charge in [-0.2, -0.15) is 0 Å².